The number of ether oxygens (including phenoxy) is 1. The van der Waals surface area contributed by atoms with E-state index in [1.165, 1.54) is 11.8 Å². The van der Waals surface area contributed by atoms with Gasteiger partial charge in [0, 0.05) is 22.0 Å². The average Bonchev–Trinajstić information content (AvgIpc) is 2.81. The number of carbonyl (C=O) groups excluding carboxylic acids is 1. The molecule has 4 aromatic rings. The minimum atomic E-state index is -0.341. The molecule has 0 radical (unpaired) electrons. The second kappa shape index (κ2) is 9.62. The van der Waals surface area contributed by atoms with E-state index in [0.29, 0.717) is 6.61 Å². The summed E-state index contributed by atoms with van der Waals surface area (Å²) in [5.41, 5.74) is 2.59. The zero-order valence-corrected chi connectivity index (χ0v) is 18.2. The predicted molar refractivity (Wildman–Crippen MR) is 127 cm³/mol. The van der Waals surface area contributed by atoms with E-state index in [1.807, 2.05) is 92.7 Å². The van der Waals surface area contributed by atoms with Crippen LogP contribution in [-0.4, -0.2) is 28.0 Å². The molecule has 1 atom stereocenters. The Balaban J connectivity index is 1.53. The topological polar surface area (TPSA) is 64.1 Å². The van der Waals surface area contributed by atoms with Gasteiger partial charge < -0.3 is 10.1 Å². The van der Waals surface area contributed by atoms with Crippen LogP contribution in [0.3, 0.4) is 0 Å². The first-order valence-corrected chi connectivity index (χ1v) is 11.0. The SMILES string of the molecule is CCOc1ccc(NC(=O)C(C)Sc2nnc(-c3ccccc3)c3ccccc23)cc1. The maximum atomic E-state index is 12.7. The van der Waals surface area contributed by atoms with Crippen molar-refractivity contribution < 1.29 is 9.53 Å². The number of hydrogen-bond acceptors (Lipinski definition) is 5. The predicted octanol–water partition coefficient (Wildman–Crippen LogP) is 5.81. The van der Waals surface area contributed by atoms with Crippen molar-refractivity contribution in [3.05, 3.63) is 78.9 Å². The molecule has 31 heavy (non-hydrogen) atoms. The molecule has 4 rings (SSSR count). The number of aromatic nitrogens is 2. The van der Waals surface area contributed by atoms with E-state index in [9.17, 15) is 4.79 Å². The summed E-state index contributed by atoms with van der Waals surface area (Å²) in [5, 5.41) is 14.3. The smallest absolute Gasteiger partial charge is 0.237 e. The second-order valence-electron chi connectivity index (χ2n) is 6.97. The first-order chi connectivity index (χ1) is 15.2. The van der Waals surface area contributed by atoms with Gasteiger partial charge in [0.1, 0.15) is 16.5 Å². The van der Waals surface area contributed by atoms with Crippen molar-refractivity contribution in [2.45, 2.75) is 24.1 Å². The number of rotatable bonds is 7. The van der Waals surface area contributed by atoms with Gasteiger partial charge in [-0.25, -0.2) is 0 Å². The summed E-state index contributed by atoms with van der Waals surface area (Å²) in [6.45, 7) is 4.42. The molecular formula is C25H23N3O2S. The lowest BCUT2D eigenvalue weighted by molar-refractivity contribution is -0.115. The van der Waals surface area contributed by atoms with Gasteiger partial charge in [0.2, 0.25) is 5.91 Å². The summed E-state index contributed by atoms with van der Waals surface area (Å²) in [6, 6.07) is 25.4. The monoisotopic (exact) mass is 429 g/mol. The molecule has 0 bridgehead atoms. The molecule has 5 nitrogen and oxygen atoms in total. The number of benzene rings is 3. The fourth-order valence-electron chi connectivity index (χ4n) is 3.24. The highest BCUT2D eigenvalue weighted by molar-refractivity contribution is 8.00. The zero-order chi connectivity index (χ0) is 21.6. The highest BCUT2D eigenvalue weighted by atomic mass is 32.2. The normalized spacial score (nSPS) is 11.8. The number of carbonyl (C=O) groups is 1. The Labute approximate surface area is 185 Å². The largest absolute Gasteiger partial charge is 0.494 e. The first-order valence-electron chi connectivity index (χ1n) is 10.2. The third-order valence-corrected chi connectivity index (χ3v) is 5.88. The number of fused-ring (bicyclic) bond motifs is 1. The van der Waals surface area contributed by atoms with E-state index in [1.54, 1.807) is 0 Å². The second-order valence-corrected chi connectivity index (χ2v) is 8.30. The molecule has 1 amide bonds. The third-order valence-electron chi connectivity index (χ3n) is 4.79. The molecule has 1 unspecified atom stereocenters. The Hall–Kier alpha value is -3.38. The molecule has 0 fully saturated rings. The van der Waals surface area contributed by atoms with Crippen molar-refractivity contribution in [3.63, 3.8) is 0 Å². The molecule has 1 aromatic heterocycles. The van der Waals surface area contributed by atoms with E-state index < -0.39 is 0 Å². The van der Waals surface area contributed by atoms with Crippen LogP contribution in [0.2, 0.25) is 0 Å². The van der Waals surface area contributed by atoms with E-state index in [4.69, 9.17) is 4.74 Å². The summed E-state index contributed by atoms with van der Waals surface area (Å²) < 4.78 is 5.44. The van der Waals surface area contributed by atoms with Crippen LogP contribution in [0.4, 0.5) is 5.69 Å². The number of thioether (sulfide) groups is 1. The Morgan fingerprint density at radius 1 is 0.935 bits per heavy atom. The van der Waals surface area contributed by atoms with Gasteiger partial charge >= 0.3 is 0 Å². The Bertz CT molecular complexity index is 1180. The highest BCUT2D eigenvalue weighted by Crippen LogP contribution is 2.33. The Morgan fingerprint density at radius 2 is 1.61 bits per heavy atom. The fraction of sp³-hybridized carbons (Fsp3) is 0.160. The quantitative estimate of drug-likeness (QED) is 0.375. The zero-order valence-electron chi connectivity index (χ0n) is 17.4. The minimum absolute atomic E-state index is 0.0906. The molecule has 0 aliphatic heterocycles. The van der Waals surface area contributed by atoms with Gasteiger partial charge in [0.15, 0.2) is 0 Å². The summed E-state index contributed by atoms with van der Waals surface area (Å²) in [5.74, 6) is 0.690. The number of nitrogens with zero attached hydrogens (tertiary/aromatic N) is 2. The van der Waals surface area contributed by atoms with Gasteiger partial charge in [-0.1, -0.05) is 66.4 Å². The van der Waals surface area contributed by atoms with Crippen LogP contribution in [0.15, 0.2) is 83.9 Å². The van der Waals surface area contributed by atoms with E-state index in [0.717, 1.165) is 38.5 Å². The molecule has 0 spiro atoms. The summed E-state index contributed by atoms with van der Waals surface area (Å²) in [6.07, 6.45) is 0. The Morgan fingerprint density at radius 3 is 2.32 bits per heavy atom. The maximum Gasteiger partial charge on any atom is 0.237 e. The molecule has 1 N–H and O–H groups in total. The first kappa shape index (κ1) is 20.9. The van der Waals surface area contributed by atoms with Crippen LogP contribution in [0.1, 0.15) is 13.8 Å². The van der Waals surface area contributed by atoms with Gasteiger partial charge in [-0.05, 0) is 38.1 Å². The van der Waals surface area contributed by atoms with Crippen molar-refractivity contribution in [1.82, 2.24) is 10.2 Å². The van der Waals surface area contributed by atoms with Gasteiger partial charge in [-0.15, -0.1) is 10.2 Å². The lowest BCUT2D eigenvalue weighted by Gasteiger charge is -2.14. The van der Waals surface area contributed by atoms with Crippen molar-refractivity contribution in [3.8, 4) is 17.0 Å². The maximum absolute atomic E-state index is 12.7. The fourth-order valence-corrected chi connectivity index (χ4v) is 4.14. The third kappa shape index (κ3) is 4.86. The van der Waals surface area contributed by atoms with E-state index in [2.05, 4.69) is 15.5 Å². The highest BCUT2D eigenvalue weighted by Gasteiger charge is 2.19. The lowest BCUT2D eigenvalue weighted by atomic mass is 10.1. The van der Waals surface area contributed by atoms with Crippen LogP contribution in [-0.2, 0) is 4.79 Å². The number of nitrogens with one attached hydrogen (secondary N) is 1. The standard InChI is InChI=1S/C25H23N3O2S/c1-3-30-20-15-13-19(14-16-20)26-24(29)17(2)31-25-22-12-8-7-11-21(22)23(27-28-25)18-9-5-4-6-10-18/h4-17H,3H2,1-2H3,(H,26,29). The summed E-state index contributed by atoms with van der Waals surface area (Å²) in [4.78, 5) is 12.7. The van der Waals surface area contributed by atoms with Gasteiger partial charge in [-0.2, -0.15) is 0 Å². The molecule has 156 valence electrons. The van der Waals surface area contributed by atoms with Gasteiger partial charge in [0.05, 0.1) is 11.9 Å². The number of amides is 1. The minimum Gasteiger partial charge on any atom is -0.494 e. The molecule has 0 saturated carbocycles. The number of anilines is 1. The summed E-state index contributed by atoms with van der Waals surface area (Å²) >= 11 is 1.41. The van der Waals surface area contributed by atoms with Crippen LogP contribution < -0.4 is 10.1 Å². The van der Waals surface area contributed by atoms with Gasteiger partial charge in [-0.3, -0.25) is 4.79 Å². The van der Waals surface area contributed by atoms with Crippen molar-refractivity contribution >= 4 is 34.1 Å². The van der Waals surface area contributed by atoms with Crippen LogP contribution >= 0.6 is 11.8 Å². The van der Waals surface area contributed by atoms with Crippen molar-refractivity contribution in [1.29, 1.82) is 0 Å². The molecule has 3 aromatic carbocycles. The Kier molecular flexibility index (Phi) is 6.48. The molecule has 0 saturated heterocycles. The van der Waals surface area contributed by atoms with Crippen molar-refractivity contribution in [2.75, 3.05) is 11.9 Å². The molecule has 0 aliphatic rings. The average molecular weight is 430 g/mol. The van der Waals surface area contributed by atoms with E-state index in [-0.39, 0.29) is 11.2 Å². The molecule has 1 heterocycles. The molecule has 0 aliphatic carbocycles. The van der Waals surface area contributed by atoms with Gasteiger partial charge in [0.25, 0.3) is 0 Å². The number of hydrogen-bond donors (Lipinski definition) is 1. The van der Waals surface area contributed by atoms with Crippen LogP contribution in [0.5, 0.6) is 5.75 Å². The molecule has 6 heteroatoms. The molecular weight excluding hydrogens is 406 g/mol. The lowest BCUT2D eigenvalue weighted by Crippen LogP contribution is -2.22. The van der Waals surface area contributed by atoms with E-state index >= 15 is 0 Å². The summed E-state index contributed by atoms with van der Waals surface area (Å²) in [7, 11) is 0. The van der Waals surface area contributed by atoms with Crippen LogP contribution in [0, 0.1) is 0 Å². The van der Waals surface area contributed by atoms with Crippen LogP contribution in [0.25, 0.3) is 22.0 Å². The van der Waals surface area contributed by atoms with Crippen molar-refractivity contribution in [2.24, 2.45) is 0 Å².